The maximum atomic E-state index is 12.0. The molecule has 2 aromatic heterocycles. The Kier molecular flexibility index (Phi) is 9.69. The molecule has 2 heterocycles. The number of guanidine groups is 1. The van der Waals surface area contributed by atoms with Crippen molar-refractivity contribution in [3.63, 3.8) is 0 Å². The van der Waals surface area contributed by atoms with Crippen molar-refractivity contribution in [2.24, 2.45) is 4.99 Å². The van der Waals surface area contributed by atoms with Crippen molar-refractivity contribution in [2.75, 3.05) is 19.7 Å². The van der Waals surface area contributed by atoms with Crippen LogP contribution < -0.4 is 10.6 Å². The highest BCUT2D eigenvalue weighted by molar-refractivity contribution is 14.0. The lowest BCUT2D eigenvalue weighted by Gasteiger charge is -2.15. The minimum Gasteiger partial charge on any atom is -0.462 e. The highest BCUT2D eigenvalue weighted by atomic mass is 127. The molecule has 0 radical (unpaired) electrons. The van der Waals surface area contributed by atoms with Crippen molar-refractivity contribution < 1.29 is 9.53 Å². The van der Waals surface area contributed by atoms with Crippen molar-refractivity contribution in [3.05, 3.63) is 45.7 Å². The molecule has 3 aromatic rings. The molecule has 8 nitrogen and oxygen atoms in total. The number of H-pyrrole nitrogens is 1. The minimum absolute atomic E-state index is 0. The zero-order chi connectivity index (χ0) is 21.5. The third-order valence-corrected chi connectivity index (χ3v) is 5.72. The number of benzene rings is 1. The Morgan fingerprint density at radius 2 is 2.06 bits per heavy atom. The van der Waals surface area contributed by atoms with Gasteiger partial charge < -0.3 is 20.4 Å². The molecule has 3 rings (SSSR count). The van der Waals surface area contributed by atoms with E-state index in [9.17, 15) is 4.79 Å². The lowest BCUT2D eigenvalue weighted by atomic mass is 10.3. The lowest BCUT2D eigenvalue weighted by molar-refractivity contribution is 0.0531. The van der Waals surface area contributed by atoms with Crippen LogP contribution in [0.3, 0.4) is 0 Å². The second-order valence-corrected chi connectivity index (χ2v) is 7.80. The molecule has 0 spiro atoms. The van der Waals surface area contributed by atoms with E-state index < -0.39 is 0 Å². The van der Waals surface area contributed by atoms with Gasteiger partial charge in [-0.2, -0.15) is 0 Å². The van der Waals surface area contributed by atoms with Crippen molar-refractivity contribution in [1.29, 1.82) is 0 Å². The molecule has 1 atom stereocenters. The van der Waals surface area contributed by atoms with E-state index in [1.807, 2.05) is 45.0 Å². The number of aryl methyl sites for hydroxylation is 1. The fraction of sp³-hybridized carbons (Fsp3) is 0.429. The van der Waals surface area contributed by atoms with Crippen molar-refractivity contribution >= 4 is 58.3 Å². The van der Waals surface area contributed by atoms with E-state index in [1.54, 1.807) is 6.92 Å². The molecule has 0 fully saturated rings. The number of para-hydroxylation sites is 2. The monoisotopic (exact) mass is 556 g/mol. The number of carbonyl (C=O) groups excluding carboxylic acids is 1. The Morgan fingerprint density at radius 1 is 1.29 bits per heavy atom. The Labute approximate surface area is 203 Å². The molecule has 1 aromatic carbocycles. The van der Waals surface area contributed by atoms with Crippen LogP contribution >= 0.6 is 35.3 Å². The normalized spacial score (nSPS) is 12.3. The molecule has 3 N–H and O–H groups in total. The van der Waals surface area contributed by atoms with Crippen LogP contribution in [0.5, 0.6) is 0 Å². The molecule has 31 heavy (non-hydrogen) atoms. The molecule has 1 unspecified atom stereocenters. The molecule has 0 saturated heterocycles. The number of fused-ring (bicyclic) bond motifs is 1. The van der Waals surface area contributed by atoms with Gasteiger partial charge >= 0.3 is 5.97 Å². The van der Waals surface area contributed by atoms with Crippen molar-refractivity contribution in [3.8, 4) is 0 Å². The number of ether oxygens (including phenoxy) is 1. The van der Waals surface area contributed by atoms with E-state index in [2.05, 4.69) is 30.6 Å². The number of aromatic amines is 1. The topological polar surface area (TPSA) is 104 Å². The standard InChI is InChI=1S/C21H28N6O2S.HI/c1-5-22-21(23-12-11-17-26-15-9-7-8-10-16(15)27-17)25-14(4)19-24-13(3)18(30-19)20(28)29-6-2;/h7-10,14H,5-6,11-12H2,1-4H3,(H,26,27)(H2,22,23,25);1H. The minimum atomic E-state index is -0.322. The molecule has 0 aliphatic rings. The summed E-state index contributed by atoms with van der Waals surface area (Å²) < 4.78 is 5.10. The van der Waals surface area contributed by atoms with Crippen LogP contribution in [0.25, 0.3) is 11.0 Å². The number of halogens is 1. The predicted octanol–water partition coefficient (Wildman–Crippen LogP) is 3.98. The first kappa shape index (κ1) is 25.1. The molecule has 0 amide bonds. The molecule has 0 saturated carbocycles. The number of aromatic nitrogens is 3. The number of carbonyl (C=O) groups is 1. The SMILES string of the molecule is CCNC(=NCCc1nc2ccccc2[nH]1)NC(C)c1nc(C)c(C(=O)OCC)s1.I. The number of nitrogens with one attached hydrogen (secondary N) is 3. The molecule has 10 heteroatoms. The third-order valence-electron chi connectivity index (χ3n) is 4.40. The fourth-order valence-corrected chi connectivity index (χ4v) is 3.94. The highest BCUT2D eigenvalue weighted by Crippen LogP contribution is 2.24. The molecular formula is C21H29IN6O2S. The van der Waals surface area contributed by atoms with Crippen LogP contribution in [-0.4, -0.2) is 46.6 Å². The van der Waals surface area contributed by atoms with Gasteiger partial charge in [0.25, 0.3) is 0 Å². The fourth-order valence-electron chi connectivity index (χ4n) is 2.97. The van der Waals surface area contributed by atoms with Crippen molar-refractivity contribution in [1.82, 2.24) is 25.6 Å². The highest BCUT2D eigenvalue weighted by Gasteiger charge is 2.20. The lowest BCUT2D eigenvalue weighted by Crippen LogP contribution is -2.38. The van der Waals surface area contributed by atoms with Crippen LogP contribution in [0.15, 0.2) is 29.3 Å². The van der Waals surface area contributed by atoms with Gasteiger partial charge in [0.05, 0.1) is 29.4 Å². The van der Waals surface area contributed by atoms with Crippen LogP contribution in [-0.2, 0) is 11.2 Å². The van der Waals surface area contributed by atoms with E-state index >= 15 is 0 Å². The van der Waals surface area contributed by atoms with Crippen LogP contribution in [0, 0.1) is 6.92 Å². The molecule has 0 aliphatic heterocycles. The average molecular weight is 556 g/mol. The first-order valence-corrected chi connectivity index (χ1v) is 11.0. The van der Waals surface area contributed by atoms with Gasteiger partial charge in [0.1, 0.15) is 15.7 Å². The summed E-state index contributed by atoms with van der Waals surface area (Å²) in [4.78, 5) is 29.7. The average Bonchev–Trinajstić information content (AvgIpc) is 3.31. The summed E-state index contributed by atoms with van der Waals surface area (Å²) in [5.41, 5.74) is 2.69. The maximum Gasteiger partial charge on any atom is 0.350 e. The van der Waals surface area contributed by atoms with Crippen LogP contribution in [0.2, 0.25) is 0 Å². The Morgan fingerprint density at radius 3 is 2.77 bits per heavy atom. The second kappa shape index (κ2) is 12.0. The van der Waals surface area contributed by atoms with Gasteiger partial charge in [-0.1, -0.05) is 12.1 Å². The summed E-state index contributed by atoms with van der Waals surface area (Å²) in [6, 6.07) is 7.88. The third kappa shape index (κ3) is 6.63. The van der Waals surface area contributed by atoms with E-state index in [1.165, 1.54) is 11.3 Å². The number of nitrogens with zero attached hydrogens (tertiary/aromatic N) is 3. The zero-order valence-electron chi connectivity index (χ0n) is 18.2. The number of esters is 1. The number of hydrogen-bond donors (Lipinski definition) is 3. The smallest absolute Gasteiger partial charge is 0.350 e. The van der Waals surface area contributed by atoms with Crippen LogP contribution in [0.1, 0.15) is 53.0 Å². The summed E-state index contributed by atoms with van der Waals surface area (Å²) in [6.07, 6.45) is 0.711. The van der Waals surface area contributed by atoms with E-state index in [-0.39, 0.29) is 36.0 Å². The van der Waals surface area contributed by atoms with Gasteiger partial charge in [-0.3, -0.25) is 4.99 Å². The first-order chi connectivity index (χ1) is 14.5. The number of hydrogen-bond acceptors (Lipinski definition) is 6. The maximum absolute atomic E-state index is 12.0. The first-order valence-electron chi connectivity index (χ1n) is 10.1. The Balaban J connectivity index is 0.00000341. The largest absolute Gasteiger partial charge is 0.462 e. The number of thiazole rings is 1. The number of rotatable bonds is 8. The van der Waals surface area contributed by atoms with E-state index in [0.29, 0.717) is 36.1 Å². The predicted molar refractivity (Wildman–Crippen MR) is 136 cm³/mol. The van der Waals surface area contributed by atoms with Gasteiger partial charge in [0.2, 0.25) is 0 Å². The summed E-state index contributed by atoms with van der Waals surface area (Å²) in [7, 11) is 0. The summed E-state index contributed by atoms with van der Waals surface area (Å²) in [5, 5.41) is 7.43. The zero-order valence-corrected chi connectivity index (χ0v) is 21.3. The quantitative estimate of drug-likeness (QED) is 0.168. The van der Waals surface area contributed by atoms with Crippen molar-refractivity contribution in [2.45, 2.75) is 40.2 Å². The van der Waals surface area contributed by atoms with Gasteiger partial charge in [-0.15, -0.1) is 35.3 Å². The van der Waals surface area contributed by atoms with E-state index in [4.69, 9.17) is 4.74 Å². The van der Waals surface area contributed by atoms with E-state index in [0.717, 1.165) is 28.4 Å². The Bertz CT molecular complexity index is 999. The van der Waals surface area contributed by atoms with Gasteiger partial charge in [0.15, 0.2) is 5.96 Å². The molecule has 168 valence electrons. The Hall–Kier alpha value is -2.21. The molecule has 0 bridgehead atoms. The molecule has 0 aliphatic carbocycles. The summed E-state index contributed by atoms with van der Waals surface area (Å²) in [5.74, 6) is 1.29. The number of imidazole rings is 1. The van der Waals surface area contributed by atoms with Gasteiger partial charge in [-0.25, -0.2) is 14.8 Å². The molecular weight excluding hydrogens is 527 g/mol. The summed E-state index contributed by atoms with van der Waals surface area (Å²) in [6.45, 7) is 9.32. The second-order valence-electron chi connectivity index (χ2n) is 6.76. The van der Waals surface area contributed by atoms with Crippen LogP contribution in [0.4, 0.5) is 0 Å². The van der Waals surface area contributed by atoms with Gasteiger partial charge in [0, 0.05) is 19.5 Å². The van der Waals surface area contributed by atoms with Gasteiger partial charge in [-0.05, 0) is 39.8 Å². The number of aliphatic imine (C=N–C) groups is 1. The summed E-state index contributed by atoms with van der Waals surface area (Å²) >= 11 is 1.35.